The zero-order chi connectivity index (χ0) is 69.6. The second-order valence-electron chi connectivity index (χ2n) is 26.3. The summed E-state index contributed by atoms with van der Waals surface area (Å²) in [5, 5.41) is 11.2. The molecule has 0 spiro atoms. The van der Waals surface area contributed by atoms with E-state index in [9.17, 15) is 24.0 Å². The normalized spacial score (nSPS) is 26.7. The zero-order valence-corrected chi connectivity index (χ0v) is 60.4. The van der Waals surface area contributed by atoms with Gasteiger partial charge in [-0.2, -0.15) is 0 Å². The minimum atomic E-state index is -1.06. The lowest BCUT2D eigenvalue weighted by Gasteiger charge is -2.43. The summed E-state index contributed by atoms with van der Waals surface area (Å²) in [6.45, 7) is 33.2. The van der Waals surface area contributed by atoms with Gasteiger partial charge in [-0.05, 0) is 73.5 Å². The smallest absolute Gasteiger partial charge is 0.295 e. The third-order valence-electron chi connectivity index (χ3n) is 19.3. The summed E-state index contributed by atoms with van der Waals surface area (Å²) >= 11 is 0. The number of hydrogen-bond acceptors (Lipinski definition) is 20. The van der Waals surface area contributed by atoms with Gasteiger partial charge >= 0.3 is 0 Å². The Kier molecular flexibility index (Phi) is 46.6. The van der Waals surface area contributed by atoms with E-state index in [4.69, 9.17) is 77.5 Å². The van der Waals surface area contributed by atoms with Gasteiger partial charge in [0.2, 0.25) is 17.7 Å². The van der Waals surface area contributed by atoms with E-state index >= 15 is 0 Å². The lowest BCUT2D eigenvalue weighted by Crippen LogP contribution is -2.45. The SMILES string of the molecule is C#CC(=O)NCCCCCC(=O)CC(COCCC(=O)NCCOCCOCCO[C@H]1OC(CC)[C@@H](C)[C@H](C)C1C)(COCCC(=O)NCCOCCOCCO[C@H]1OC(CC)[C@@H](C)[C@H](C)C1C)COCCC(=O)NCCOCCOCCO[C@H]1OC(CC)[C@@H](C)[C@H](C)C1C. The van der Waals surface area contributed by atoms with E-state index in [0.717, 1.165) is 19.3 Å². The molecule has 3 rings (SSSR count). The number of terminal acetylenes is 1. The fraction of sp³-hybridized carbons (Fsp3) is 0.901. The van der Waals surface area contributed by atoms with Crippen molar-refractivity contribution in [1.29, 1.82) is 0 Å². The van der Waals surface area contributed by atoms with E-state index in [-0.39, 0.29) is 190 Å². The van der Waals surface area contributed by atoms with Crippen molar-refractivity contribution in [3.05, 3.63) is 0 Å². The second kappa shape index (κ2) is 51.6. The van der Waals surface area contributed by atoms with Crippen molar-refractivity contribution < 1.29 is 95.0 Å². The third kappa shape index (κ3) is 35.4. The van der Waals surface area contributed by atoms with Crippen molar-refractivity contribution >= 4 is 29.4 Å². The van der Waals surface area contributed by atoms with Gasteiger partial charge in [0.05, 0.1) is 157 Å². The molecular weight excluding hydrogens is 1230 g/mol. The van der Waals surface area contributed by atoms with Crippen LogP contribution in [0.4, 0.5) is 0 Å². The topological polar surface area (TPSA) is 272 Å². The summed E-state index contributed by atoms with van der Waals surface area (Å²) in [4.78, 5) is 64.2. The highest BCUT2D eigenvalue weighted by Crippen LogP contribution is 2.39. The van der Waals surface area contributed by atoms with E-state index in [1.54, 1.807) is 0 Å². The molecule has 3 heterocycles. The molecule has 3 aliphatic rings. The summed E-state index contributed by atoms with van der Waals surface area (Å²) in [5.74, 6) is 4.52. The van der Waals surface area contributed by atoms with Gasteiger partial charge in [0, 0.05) is 81.5 Å². The fourth-order valence-electron chi connectivity index (χ4n) is 12.1. The minimum absolute atomic E-state index is 0.00788. The monoisotopic (exact) mass is 1360 g/mol. The van der Waals surface area contributed by atoms with Crippen LogP contribution in [-0.2, 0) is 95.0 Å². The first-order valence-corrected chi connectivity index (χ1v) is 35.9. The number of carbonyl (C=O) groups is 5. The molecule has 3 fully saturated rings. The van der Waals surface area contributed by atoms with Crippen LogP contribution in [0.3, 0.4) is 0 Å². The molecule has 0 saturated carbocycles. The number of Topliss-reactive ketones (excluding diaryl/α,β-unsaturated/α-hetero) is 1. The van der Waals surface area contributed by atoms with Crippen LogP contribution in [0.15, 0.2) is 0 Å². The van der Waals surface area contributed by atoms with Crippen LogP contribution in [0.1, 0.15) is 154 Å². The van der Waals surface area contributed by atoms with Gasteiger partial charge < -0.3 is 92.3 Å². The van der Waals surface area contributed by atoms with Crippen LogP contribution < -0.4 is 21.3 Å². The highest BCUT2D eigenvalue weighted by Gasteiger charge is 2.41. The molecule has 24 heteroatoms. The summed E-state index contributed by atoms with van der Waals surface area (Å²) < 4.78 is 89.5. The Hall–Kier alpha value is -3.49. The highest BCUT2D eigenvalue weighted by atomic mass is 16.7. The first-order valence-electron chi connectivity index (χ1n) is 35.9. The number of carbonyl (C=O) groups excluding carboxylic acids is 5. The number of ether oxygens (including phenoxy) is 15. The predicted octanol–water partition coefficient (Wildman–Crippen LogP) is 7.09. The molecule has 24 nitrogen and oxygen atoms in total. The molecule has 6 unspecified atom stereocenters. The van der Waals surface area contributed by atoms with Crippen molar-refractivity contribution in [2.45, 2.75) is 191 Å². The van der Waals surface area contributed by atoms with Gasteiger partial charge in [0.1, 0.15) is 5.78 Å². The van der Waals surface area contributed by atoms with Gasteiger partial charge in [-0.15, -0.1) is 6.42 Å². The molecule has 3 aliphatic heterocycles. The first kappa shape index (κ1) is 85.7. The predicted molar refractivity (Wildman–Crippen MR) is 360 cm³/mol. The van der Waals surface area contributed by atoms with Gasteiger partial charge in [0.25, 0.3) is 5.91 Å². The molecule has 4 N–H and O–H groups in total. The highest BCUT2D eigenvalue weighted by molar-refractivity contribution is 5.92. The van der Waals surface area contributed by atoms with Crippen LogP contribution in [0.2, 0.25) is 0 Å². The average molecular weight is 1360 g/mol. The number of unbranched alkanes of at least 4 members (excludes halogenated alkanes) is 2. The summed E-state index contributed by atoms with van der Waals surface area (Å²) in [7, 11) is 0. The lowest BCUT2D eigenvalue weighted by molar-refractivity contribution is -0.251. The van der Waals surface area contributed by atoms with Gasteiger partial charge in [0.15, 0.2) is 18.9 Å². The number of rotatable bonds is 56. The van der Waals surface area contributed by atoms with Crippen molar-refractivity contribution in [3.8, 4) is 12.3 Å². The Balaban J connectivity index is 1.47. The molecule has 0 aromatic heterocycles. The number of nitrogens with one attached hydrogen (secondary N) is 4. The van der Waals surface area contributed by atoms with Crippen molar-refractivity contribution in [2.75, 3.05) is 165 Å². The molecule has 0 radical (unpaired) electrons. The van der Waals surface area contributed by atoms with E-state index in [2.05, 4.69) is 104 Å². The van der Waals surface area contributed by atoms with Crippen LogP contribution in [0, 0.1) is 71.0 Å². The minimum Gasteiger partial charge on any atom is -0.380 e. The van der Waals surface area contributed by atoms with Gasteiger partial charge in [-0.3, -0.25) is 24.0 Å². The molecule has 0 aromatic carbocycles. The maximum atomic E-state index is 13.8. The van der Waals surface area contributed by atoms with Crippen LogP contribution in [0.5, 0.6) is 0 Å². The molecule has 0 aromatic rings. The van der Waals surface area contributed by atoms with Crippen molar-refractivity contribution in [1.82, 2.24) is 21.3 Å². The number of hydrogen-bond donors (Lipinski definition) is 4. The largest absolute Gasteiger partial charge is 0.380 e. The number of ketones is 1. The maximum absolute atomic E-state index is 13.8. The summed E-state index contributed by atoms with van der Waals surface area (Å²) in [6.07, 6.45) is 10.0. The van der Waals surface area contributed by atoms with Crippen LogP contribution in [0.25, 0.3) is 0 Å². The number of amides is 4. The quantitative estimate of drug-likeness (QED) is 0.0349. The first-order chi connectivity index (χ1) is 45.8. The lowest BCUT2D eigenvalue weighted by atomic mass is 9.78. The third-order valence-corrected chi connectivity index (χ3v) is 19.3. The standard InChI is InChI=1S/C71H128N4O20/c1-14-61-54(8)51(5)57(11)68(93-61)90-44-41-84-38-35-81-32-26-73-65(78)22-29-87-48-71(47-60(76)21-19-18-20-25-72-64(77)17-4,49-88-30-23-66(79)74-27-33-82-36-39-85-42-45-91-69-58(12)52(6)55(9)62(15-2)94-69)50-89-31-24-67(80)75-28-34-83-37-40-86-43-46-92-70-59(13)53(7)56(10)63(16-3)95-70/h4,51-59,61-63,68-70H,14-16,18-50H2,1-3,5-13H3,(H,72,77)(H,73,78)(H,74,79)(H,75,80)/t51-,52-,53-,54-,55-,56-,57?,58?,59?,61?,62?,63?,68-,69-,70-,71?/m0/s1. The molecule has 3 saturated heterocycles. The second-order valence-corrected chi connectivity index (χ2v) is 26.3. The van der Waals surface area contributed by atoms with E-state index in [1.165, 1.54) is 0 Å². The Morgan fingerprint density at radius 3 is 0.989 bits per heavy atom. The Morgan fingerprint density at radius 2 is 0.674 bits per heavy atom. The van der Waals surface area contributed by atoms with E-state index in [0.29, 0.717) is 141 Å². The van der Waals surface area contributed by atoms with E-state index < -0.39 is 11.3 Å². The van der Waals surface area contributed by atoms with Crippen LogP contribution in [-0.4, -0.2) is 232 Å². The molecule has 15 atom stereocenters. The molecule has 95 heavy (non-hydrogen) atoms. The Morgan fingerprint density at radius 1 is 0.358 bits per heavy atom. The summed E-state index contributed by atoms with van der Waals surface area (Å²) in [6, 6.07) is 0. The van der Waals surface area contributed by atoms with Crippen molar-refractivity contribution in [3.63, 3.8) is 0 Å². The fourth-order valence-corrected chi connectivity index (χ4v) is 12.1. The average Bonchev–Trinajstić information content (AvgIpc) is 0.859. The van der Waals surface area contributed by atoms with Crippen LogP contribution >= 0.6 is 0 Å². The molecule has 0 bridgehead atoms. The summed E-state index contributed by atoms with van der Waals surface area (Å²) in [5.41, 5.74) is -1.06. The molecule has 4 amide bonds. The van der Waals surface area contributed by atoms with Gasteiger partial charge in [-0.25, -0.2) is 0 Å². The van der Waals surface area contributed by atoms with Gasteiger partial charge in [-0.1, -0.05) is 89.5 Å². The maximum Gasteiger partial charge on any atom is 0.295 e. The zero-order valence-electron chi connectivity index (χ0n) is 60.4. The molecule has 0 aliphatic carbocycles. The Bertz CT molecular complexity index is 1900. The Labute approximate surface area is 570 Å². The van der Waals surface area contributed by atoms with Crippen molar-refractivity contribution in [2.24, 2.45) is 58.7 Å². The molecular formula is C71H128N4O20. The van der Waals surface area contributed by atoms with E-state index in [1.807, 2.05) is 5.92 Å². The molecule has 552 valence electrons.